The SMILES string of the molecule is CCCCCCCCCCCCCC[C](C)OCCOCCNC(=O)CC[C@H](NC(=O)COCCOCCNC(=O)CCCCCCCCCOc1ccc(C(=O)O)cc1)C(=O)O. The van der Waals surface area contributed by atoms with Crippen molar-refractivity contribution in [3.63, 3.8) is 0 Å². The number of unbranched alkanes of at least 4 members (excludes halogenated alkanes) is 17. The van der Waals surface area contributed by atoms with Crippen molar-refractivity contribution in [1.29, 1.82) is 0 Å². The van der Waals surface area contributed by atoms with Crippen molar-refractivity contribution in [3.8, 4) is 5.75 Å². The summed E-state index contributed by atoms with van der Waals surface area (Å²) in [6, 6.07) is 5.16. The number of carboxylic acids is 2. The number of aliphatic carboxylic acids is 1. The van der Waals surface area contributed by atoms with Crippen molar-refractivity contribution in [3.05, 3.63) is 35.9 Å². The number of nitrogens with one attached hydrogen (secondary N) is 3. The van der Waals surface area contributed by atoms with Gasteiger partial charge < -0.3 is 49.8 Å². The van der Waals surface area contributed by atoms with Gasteiger partial charge in [0.05, 0.1) is 57.9 Å². The molecule has 0 saturated carbocycles. The Labute approximate surface area is 377 Å². The maximum atomic E-state index is 12.2. The smallest absolute Gasteiger partial charge is 0.335 e. The second-order valence-corrected chi connectivity index (χ2v) is 16.1. The third-order valence-electron chi connectivity index (χ3n) is 10.4. The molecule has 0 aliphatic rings. The van der Waals surface area contributed by atoms with Crippen molar-refractivity contribution in [2.75, 3.05) is 65.9 Å². The van der Waals surface area contributed by atoms with Crippen LogP contribution in [-0.4, -0.2) is 112 Å². The minimum absolute atomic E-state index is 0.0278. The van der Waals surface area contributed by atoms with E-state index >= 15 is 0 Å². The molecule has 0 spiro atoms. The third-order valence-corrected chi connectivity index (χ3v) is 10.4. The molecule has 1 atom stereocenters. The Morgan fingerprint density at radius 3 is 1.59 bits per heavy atom. The summed E-state index contributed by atoms with van der Waals surface area (Å²) in [7, 11) is 0. The first-order chi connectivity index (χ1) is 30.6. The van der Waals surface area contributed by atoms with Crippen LogP contribution >= 0.6 is 0 Å². The highest BCUT2D eigenvalue weighted by molar-refractivity contribution is 5.87. The van der Waals surface area contributed by atoms with Gasteiger partial charge in [0, 0.05) is 25.9 Å². The largest absolute Gasteiger partial charge is 0.494 e. The van der Waals surface area contributed by atoms with Crippen LogP contribution in [0.15, 0.2) is 24.3 Å². The highest BCUT2D eigenvalue weighted by Crippen LogP contribution is 2.17. The lowest BCUT2D eigenvalue weighted by molar-refractivity contribution is -0.143. The molecule has 3 amide bonds. The zero-order valence-electron chi connectivity index (χ0n) is 38.7. The Balaban J connectivity index is 1.91. The number of carboxylic acid groups (broad SMARTS) is 2. The first-order valence-corrected chi connectivity index (χ1v) is 23.8. The van der Waals surface area contributed by atoms with Crippen molar-refractivity contribution in [1.82, 2.24) is 16.0 Å². The molecule has 1 rings (SSSR count). The maximum absolute atomic E-state index is 12.2. The molecule has 0 fully saturated rings. The molecule has 63 heavy (non-hydrogen) atoms. The van der Waals surface area contributed by atoms with Gasteiger partial charge in [0.25, 0.3) is 0 Å². The molecule has 1 aromatic carbocycles. The van der Waals surface area contributed by atoms with E-state index in [-0.39, 0.29) is 56.6 Å². The predicted molar refractivity (Wildman–Crippen MR) is 244 cm³/mol. The molecule has 0 aliphatic heterocycles. The normalized spacial score (nSPS) is 11.7. The van der Waals surface area contributed by atoms with E-state index in [9.17, 15) is 29.1 Å². The van der Waals surface area contributed by atoms with Gasteiger partial charge in [-0.3, -0.25) is 14.4 Å². The molecular weight excluding hydrogens is 811 g/mol. The first-order valence-electron chi connectivity index (χ1n) is 23.8. The molecule has 0 bridgehead atoms. The van der Waals surface area contributed by atoms with Crippen molar-refractivity contribution >= 4 is 29.7 Å². The summed E-state index contributed by atoms with van der Waals surface area (Å²) in [4.78, 5) is 59.1. The summed E-state index contributed by atoms with van der Waals surface area (Å²) in [5.41, 5.74) is 0.237. The van der Waals surface area contributed by atoms with Gasteiger partial charge in [-0.1, -0.05) is 116 Å². The maximum Gasteiger partial charge on any atom is 0.335 e. The Morgan fingerprint density at radius 2 is 1.03 bits per heavy atom. The molecule has 15 heteroatoms. The summed E-state index contributed by atoms with van der Waals surface area (Å²) in [6.45, 7) is 6.92. The van der Waals surface area contributed by atoms with Crippen molar-refractivity contribution in [2.24, 2.45) is 0 Å². The van der Waals surface area contributed by atoms with Gasteiger partial charge in [0.1, 0.15) is 18.4 Å². The summed E-state index contributed by atoms with van der Waals surface area (Å²) in [6.07, 6.45) is 25.2. The van der Waals surface area contributed by atoms with Crippen LogP contribution in [0.5, 0.6) is 5.75 Å². The van der Waals surface area contributed by atoms with Gasteiger partial charge in [-0.25, -0.2) is 9.59 Å². The van der Waals surface area contributed by atoms with Gasteiger partial charge in [0.2, 0.25) is 17.7 Å². The van der Waals surface area contributed by atoms with E-state index < -0.39 is 23.9 Å². The van der Waals surface area contributed by atoms with Crippen LogP contribution < -0.4 is 20.7 Å². The van der Waals surface area contributed by atoms with Gasteiger partial charge >= 0.3 is 11.9 Å². The van der Waals surface area contributed by atoms with E-state index in [1.807, 2.05) is 6.92 Å². The molecule has 361 valence electrons. The van der Waals surface area contributed by atoms with E-state index in [2.05, 4.69) is 22.9 Å². The second kappa shape index (κ2) is 40.9. The van der Waals surface area contributed by atoms with E-state index in [1.54, 1.807) is 12.1 Å². The van der Waals surface area contributed by atoms with Gasteiger partial charge in [-0.15, -0.1) is 0 Å². The molecule has 1 radical (unpaired) electrons. The number of hydrogen-bond donors (Lipinski definition) is 5. The lowest BCUT2D eigenvalue weighted by Gasteiger charge is -2.15. The number of benzene rings is 1. The van der Waals surface area contributed by atoms with E-state index in [1.165, 1.54) is 82.8 Å². The van der Waals surface area contributed by atoms with Crippen molar-refractivity contribution in [2.45, 2.75) is 168 Å². The zero-order valence-corrected chi connectivity index (χ0v) is 38.7. The van der Waals surface area contributed by atoms with E-state index in [0.717, 1.165) is 63.9 Å². The molecule has 0 unspecified atom stereocenters. The zero-order chi connectivity index (χ0) is 46.0. The summed E-state index contributed by atoms with van der Waals surface area (Å²) >= 11 is 0. The summed E-state index contributed by atoms with van der Waals surface area (Å²) in [5.74, 6) is -2.50. The molecule has 0 aromatic heterocycles. The topological polar surface area (TPSA) is 208 Å². The number of hydrogen-bond acceptors (Lipinski definition) is 10. The number of amides is 3. The van der Waals surface area contributed by atoms with Crippen LogP contribution in [0.1, 0.15) is 172 Å². The predicted octanol–water partition coefficient (Wildman–Crippen LogP) is 8.18. The minimum Gasteiger partial charge on any atom is -0.494 e. The Morgan fingerprint density at radius 1 is 0.540 bits per heavy atom. The van der Waals surface area contributed by atoms with Crippen LogP contribution in [0.4, 0.5) is 0 Å². The molecule has 5 N–H and O–H groups in total. The van der Waals surface area contributed by atoms with Crippen LogP contribution in [-0.2, 0) is 38.1 Å². The molecule has 0 aliphatic carbocycles. The molecule has 1 aromatic rings. The van der Waals surface area contributed by atoms with E-state index in [4.69, 9.17) is 28.8 Å². The highest BCUT2D eigenvalue weighted by atomic mass is 16.5. The number of rotatable bonds is 45. The monoisotopic (exact) mass is 893 g/mol. The number of ether oxygens (including phenoxy) is 5. The average molecular weight is 893 g/mol. The van der Waals surface area contributed by atoms with E-state index in [0.29, 0.717) is 51.7 Å². The van der Waals surface area contributed by atoms with Crippen LogP contribution in [0, 0.1) is 6.10 Å². The standard InChI is InChI=1S/C48H82N3O12/c1-3-4-5-6-7-8-9-10-11-13-16-19-22-40(2)62-38-37-60-34-31-50-45(53)29-28-43(48(57)58)51-46(54)39-61-36-35-59-33-30-49-44(52)23-20-17-14-12-15-18-21-32-63-42-26-24-41(25-27-42)47(55)56/h24-27,43H,3-23,28-39H2,1-2H3,(H,49,52)(H,50,53)(H,51,54)(H,55,56)(H,57,58)/t43-/m0/s1. The average Bonchev–Trinajstić information content (AvgIpc) is 3.26. The van der Waals surface area contributed by atoms with Crippen molar-refractivity contribution < 1.29 is 57.9 Å². The third kappa shape index (κ3) is 36.3. The van der Waals surface area contributed by atoms with Crippen LogP contribution in [0.3, 0.4) is 0 Å². The second-order valence-electron chi connectivity index (χ2n) is 16.1. The lowest BCUT2D eigenvalue weighted by atomic mass is 10.0. The minimum atomic E-state index is -1.24. The molecule has 0 heterocycles. The fraction of sp³-hybridized carbons (Fsp3) is 0.750. The molecule has 0 saturated heterocycles. The lowest BCUT2D eigenvalue weighted by Crippen LogP contribution is -2.43. The van der Waals surface area contributed by atoms with Gasteiger partial charge in [-0.05, 0) is 56.9 Å². The number of aromatic carboxylic acids is 1. The highest BCUT2D eigenvalue weighted by Gasteiger charge is 2.21. The van der Waals surface area contributed by atoms with Crippen LogP contribution in [0.2, 0.25) is 0 Å². The molecule has 15 nitrogen and oxygen atoms in total. The fourth-order valence-electron chi connectivity index (χ4n) is 6.67. The Bertz CT molecular complexity index is 1320. The first kappa shape index (κ1) is 57.2. The van der Waals surface area contributed by atoms with Gasteiger partial charge in [-0.2, -0.15) is 0 Å². The van der Waals surface area contributed by atoms with Crippen LogP contribution in [0.25, 0.3) is 0 Å². The molecular formula is C48H82N3O12. The summed E-state index contributed by atoms with van der Waals surface area (Å²) in [5, 5.41) is 26.4. The Hall–Kier alpha value is -3.79. The summed E-state index contributed by atoms with van der Waals surface area (Å²) < 4.78 is 27.7. The number of carbonyl (C=O) groups is 5. The quantitative estimate of drug-likeness (QED) is 0.0393. The number of carbonyl (C=O) groups excluding carboxylic acids is 3. The van der Waals surface area contributed by atoms with Gasteiger partial charge in [0.15, 0.2) is 0 Å². The Kier molecular flexibility index (Phi) is 37.2. The fourth-order valence-corrected chi connectivity index (χ4v) is 6.67.